The highest BCUT2D eigenvalue weighted by Crippen LogP contribution is 2.34. The summed E-state index contributed by atoms with van der Waals surface area (Å²) in [6.45, 7) is 0.735. The second-order valence-corrected chi connectivity index (χ2v) is 6.08. The van der Waals surface area contributed by atoms with E-state index in [9.17, 15) is 9.59 Å². The van der Waals surface area contributed by atoms with Crippen LogP contribution in [0.1, 0.15) is 6.42 Å². The number of carbonyl (C=O) groups excluding carboxylic acids is 2. The molecule has 0 atom stereocenters. The van der Waals surface area contributed by atoms with E-state index in [1.807, 2.05) is 23.5 Å². The van der Waals surface area contributed by atoms with Gasteiger partial charge in [-0.3, -0.25) is 9.69 Å². The molecule has 0 aromatic carbocycles. The van der Waals surface area contributed by atoms with E-state index in [0.717, 1.165) is 6.42 Å². The molecule has 14 heavy (non-hydrogen) atoms. The maximum absolute atomic E-state index is 11.2. The van der Waals surface area contributed by atoms with E-state index in [2.05, 4.69) is 5.32 Å². The van der Waals surface area contributed by atoms with Crippen LogP contribution in [0.4, 0.5) is 4.79 Å². The SMILES string of the molecule is O=C1CNC(=O)N1CCC1SCCS1. The maximum atomic E-state index is 11.2. The topological polar surface area (TPSA) is 49.4 Å². The Bertz CT molecular complexity index is 238. The molecule has 78 valence electrons. The molecule has 2 aliphatic rings. The molecule has 2 rings (SSSR count). The van der Waals surface area contributed by atoms with Crippen molar-refractivity contribution in [1.82, 2.24) is 10.2 Å². The van der Waals surface area contributed by atoms with Crippen LogP contribution in [0, 0.1) is 0 Å². The number of rotatable bonds is 3. The van der Waals surface area contributed by atoms with Gasteiger partial charge in [0.05, 0.1) is 11.1 Å². The molecule has 2 aliphatic heterocycles. The Morgan fingerprint density at radius 2 is 2.07 bits per heavy atom. The minimum Gasteiger partial charge on any atom is -0.329 e. The van der Waals surface area contributed by atoms with Crippen LogP contribution in [0.15, 0.2) is 0 Å². The second kappa shape index (κ2) is 4.44. The largest absolute Gasteiger partial charge is 0.329 e. The Morgan fingerprint density at radius 3 is 2.64 bits per heavy atom. The molecule has 2 saturated heterocycles. The van der Waals surface area contributed by atoms with Gasteiger partial charge in [0.2, 0.25) is 5.91 Å². The fourth-order valence-electron chi connectivity index (χ4n) is 1.49. The zero-order valence-electron chi connectivity index (χ0n) is 7.69. The van der Waals surface area contributed by atoms with Crippen molar-refractivity contribution >= 4 is 35.5 Å². The van der Waals surface area contributed by atoms with Crippen molar-refractivity contribution in [3.05, 3.63) is 0 Å². The number of imide groups is 1. The first kappa shape index (κ1) is 10.2. The van der Waals surface area contributed by atoms with Crippen LogP contribution in [0.3, 0.4) is 0 Å². The van der Waals surface area contributed by atoms with Gasteiger partial charge in [-0.25, -0.2) is 4.79 Å². The highest BCUT2D eigenvalue weighted by atomic mass is 32.2. The van der Waals surface area contributed by atoms with Gasteiger partial charge in [-0.05, 0) is 6.42 Å². The molecule has 2 fully saturated rings. The van der Waals surface area contributed by atoms with Crippen LogP contribution in [-0.4, -0.2) is 46.0 Å². The predicted octanol–water partition coefficient (Wildman–Crippen LogP) is 0.734. The number of amides is 3. The van der Waals surface area contributed by atoms with Crippen LogP contribution in [0.5, 0.6) is 0 Å². The molecule has 1 N–H and O–H groups in total. The summed E-state index contributed by atoms with van der Waals surface area (Å²) in [6.07, 6.45) is 0.911. The Labute approximate surface area is 91.2 Å². The first-order chi connectivity index (χ1) is 6.77. The van der Waals surface area contributed by atoms with Crippen molar-refractivity contribution in [3.8, 4) is 0 Å². The molecule has 0 aromatic heterocycles. The molecular formula is C8H12N2O2S2. The predicted molar refractivity (Wildman–Crippen MR) is 58.4 cm³/mol. The molecule has 0 aromatic rings. The quantitative estimate of drug-likeness (QED) is 0.729. The molecule has 0 radical (unpaired) electrons. The first-order valence-electron chi connectivity index (χ1n) is 4.59. The van der Waals surface area contributed by atoms with E-state index in [1.54, 1.807) is 0 Å². The lowest BCUT2D eigenvalue weighted by Gasteiger charge is -2.14. The van der Waals surface area contributed by atoms with Crippen LogP contribution in [0.2, 0.25) is 0 Å². The third-order valence-electron chi connectivity index (χ3n) is 2.22. The Morgan fingerprint density at radius 1 is 1.36 bits per heavy atom. The number of urea groups is 1. The number of carbonyl (C=O) groups is 2. The summed E-state index contributed by atoms with van der Waals surface area (Å²) in [6, 6.07) is -0.233. The van der Waals surface area contributed by atoms with E-state index in [4.69, 9.17) is 0 Å². The van der Waals surface area contributed by atoms with E-state index < -0.39 is 0 Å². The molecule has 0 saturated carbocycles. The average molecular weight is 232 g/mol. The standard InChI is InChI=1S/C8H12N2O2S2/c11-6-5-9-8(12)10(6)2-1-7-13-3-4-14-7/h7H,1-5H2,(H,9,12). The van der Waals surface area contributed by atoms with Crippen molar-refractivity contribution in [1.29, 1.82) is 0 Å². The molecule has 0 unspecified atom stereocenters. The van der Waals surface area contributed by atoms with Crippen molar-refractivity contribution in [3.63, 3.8) is 0 Å². The fourth-order valence-corrected chi connectivity index (χ4v) is 4.29. The molecule has 6 heteroatoms. The molecule has 0 spiro atoms. The summed E-state index contributed by atoms with van der Waals surface area (Å²) >= 11 is 3.84. The van der Waals surface area contributed by atoms with Gasteiger partial charge in [0, 0.05) is 18.1 Å². The lowest BCUT2D eigenvalue weighted by atomic mass is 10.4. The lowest BCUT2D eigenvalue weighted by Crippen LogP contribution is -2.32. The van der Waals surface area contributed by atoms with Crippen molar-refractivity contribution in [2.24, 2.45) is 0 Å². The van der Waals surface area contributed by atoms with Crippen molar-refractivity contribution < 1.29 is 9.59 Å². The van der Waals surface area contributed by atoms with E-state index in [0.29, 0.717) is 11.1 Å². The third kappa shape index (κ3) is 2.17. The zero-order valence-corrected chi connectivity index (χ0v) is 9.33. The van der Waals surface area contributed by atoms with Crippen LogP contribution < -0.4 is 5.32 Å². The third-order valence-corrected chi connectivity index (χ3v) is 5.39. The summed E-state index contributed by atoms with van der Waals surface area (Å²) in [5.41, 5.74) is 0. The van der Waals surface area contributed by atoms with Gasteiger partial charge in [-0.1, -0.05) is 0 Å². The Balaban J connectivity index is 1.78. The highest BCUT2D eigenvalue weighted by Gasteiger charge is 2.29. The molecule has 0 bridgehead atoms. The van der Waals surface area contributed by atoms with Gasteiger partial charge in [0.15, 0.2) is 0 Å². The smallest absolute Gasteiger partial charge is 0.324 e. The zero-order chi connectivity index (χ0) is 9.97. The van der Waals surface area contributed by atoms with Gasteiger partial charge < -0.3 is 5.32 Å². The van der Waals surface area contributed by atoms with Gasteiger partial charge >= 0.3 is 6.03 Å². The van der Waals surface area contributed by atoms with Gasteiger partial charge in [0.1, 0.15) is 0 Å². The Kier molecular flexibility index (Phi) is 3.22. The number of hydrogen-bond acceptors (Lipinski definition) is 4. The van der Waals surface area contributed by atoms with Crippen LogP contribution in [0.25, 0.3) is 0 Å². The number of nitrogens with zero attached hydrogens (tertiary/aromatic N) is 1. The highest BCUT2D eigenvalue weighted by molar-refractivity contribution is 8.20. The summed E-state index contributed by atoms with van der Waals surface area (Å²) in [4.78, 5) is 23.7. The minimum absolute atomic E-state index is 0.0944. The lowest BCUT2D eigenvalue weighted by molar-refractivity contribution is -0.124. The monoisotopic (exact) mass is 232 g/mol. The first-order valence-corrected chi connectivity index (χ1v) is 6.68. The van der Waals surface area contributed by atoms with Crippen LogP contribution >= 0.6 is 23.5 Å². The average Bonchev–Trinajstić information content (AvgIpc) is 2.76. The van der Waals surface area contributed by atoms with Crippen molar-refractivity contribution in [2.45, 2.75) is 11.0 Å². The van der Waals surface area contributed by atoms with Gasteiger partial charge in [-0.15, -0.1) is 23.5 Å². The van der Waals surface area contributed by atoms with E-state index in [-0.39, 0.29) is 18.5 Å². The number of hydrogen-bond donors (Lipinski definition) is 1. The molecule has 2 heterocycles. The van der Waals surface area contributed by atoms with Crippen LogP contribution in [-0.2, 0) is 4.79 Å². The van der Waals surface area contributed by atoms with E-state index >= 15 is 0 Å². The number of thioether (sulfide) groups is 2. The normalized spacial score (nSPS) is 23.3. The molecule has 0 aliphatic carbocycles. The summed E-state index contributed by atoms with van der Waals surface area (Å²) in [5.74, 6) is 2.29. The van der Waals surface area contributed by atoms with Gasteiger partial charge in [-0.2, -0.15) is 0 Å². The number of nitrogens with one attached hydrogen (secondary N) is 1. The minimum atomic E-state index is -0.233. The van der Waals surface area contributed by atoms with Gasteiger partial charge in [0.25, 0.3) is 0 Å². The van der Waals surface area contributed by atoms with Crippen molar-refractivity contribution in [2.75, 3.05) is 24.6 Å². The molecule has 3 amide bonds. The second-order valence-electron chi connectivity index (χ2n) is 3.16. The summed E-state index contributed by atoms with van der Waals surface area (Å²) < 4.78 is 0.566. The van der Waals surface area contributed by atoms with E-state index in [1.165, 1.54) is 16.4 Å². The summed E-state index contributed by atoms with van der Waals surface area (Å²) in [7, 11) is 0. The molecular weight excluding hydrogens is 220 g/mol. The summed E-state index contributed by atoms with van der Waals surface area (Å²) in [5, 5.41) is 2.52. The maximum Gasteiger partial charge on any atom is 0.324 e. The Hall–Kier alpha value is -0.360. The molecule has 4 nitrogen and oxygen atoms in total. The fraction of sp³-hybridized carbons (Fsp3) is 0.750.